The Hall–Kier alpha value is -4.53. The third-order valence-electron chi connectivity index (χ3n) is 6.62. The molecule has 0 radical (unpaired) electrons. The van der Waals surface area contributed by atoms with Gasteiger partial charge in [0, 0.05) is 11.9 Å². The van der Waals surface area contributed by atoms with Gasteiger partial charge in [-0.3, -0.25) is 9.97 Å². The van der Waals surface area contributed by atoms with E-state index in [-0.39, 0.29) is 21.1 Å². The Morgan fingerprint density at radius 1 is 0.667 bits per heavy atom. The summed E-state index contributed by atoms with van der Waals surface area (Å²) in [5.74, 6) is 0.858. The minimum absolute atomic E-state index is 0. The monoisotopic (exact) mass is 681 g/mol. The first-order chi connectivity index (χ1) is 18.8. The number of fused-ring (bicyclic) bond motifs is 2. The molecule has 0 aliphatic heterocycles. The first kappa shape index (κ1) is 24.8. The number of benzene rings is 4. The van der Waals surface area contributed by atoms with Gasteiger partial charge in [-0.2, -0.15) is 5.35 Å². The molecule has 39 heavy (non-hydrogen) atoms. The van der Waals surface area contributed by atoms with Crippen LogP contribution in [0.25, 0.3) is 51.0 Å². The molecule has 0 bridgehead atoms. The molecule has 0 amide bonds. The Morgan fingerprint density at radius 2 is 1.38 bits per heavy atom. The Kier molecular flexibility index (Phi) is 6.79. The summed E-state index contributed by atoms with van der Waals surface area (Å²) in [7, 11) is 0. The average Bonchev–Trinajstić information content (AvgIpc) is 3.53. The van der Waals surface area contributed by atoms with Crippen LogP contribution in [0.4, 0.5) is 0 Å². The van der Waals surface area contributed by atoms with E-state index in [0.29, 0.717) is 0 Å². The fraction of sp³-hybridized carbons (Fsp3) is 0. The van der Waals surface area contributed by atoms with Crippen LogP contribution in [-0.2, 0) is 21.1 Å². The minimum Gasteiger partial charge on any atom is -0.663 e. The van der Waals surface area contributed by atoms with Crippen molar-refractivity contribution in [1.29, 1.82) is 0 Å². The summed E-state index contributed by atoms with van der Waals surface area (Å²) in [6, 6.07) is 42.6. The summed E-state index contributed by atoms with van der Waals surface area (Å²) in [4.78, 5) is 14.4. The zero-order chi connectivity index (χ0) is 25.3. The van der Waals surface area contributed by atoms with Gasteiger partial charge in [0.05, 0.1) is 22.6 Å². The van der Waals surface area contributed by atoms with Gasteiger partial charge in [-0.15, -0.1) is 41.3 Å². The van der Waals surface area contributed by atoms with Crippen molar-refractivity contribution in [3.05, 3.63) is 149 Å². The fourth-order valence-electron chi connectivity index (χ4n) is 4.90. The molecule has 4 aromatic carbocycles. The first-order valence-corrected chi connectivity index (χ1v) is 12.5. The third-order valence-corrected chi connectivity index (χ3v) is 6.62. The summed E-state index contributed by atoms with van der Waals surface area (Å²) in [6.45, 7) is 0. The van der Waals surface area contributed by atoms with Crippen molar-refractivity contribution in [3.8, 4) is 17.1 Å². The second-order valence-electron chi connectivity index (χ2n) is 9.09. The Bertz CT molecular complexity index is 2020. The standard InChI is InChI=1S/C34H22N4.Pt/c1-2-14-27(15-3-1)38-33-19-7-6-18-30(33)37-34(38)25-12-10-11-24(21-25)22-31-28-16-4-5-17-29(28)32(36-31)23-26-13-8-9-20-35-26;/h1-20,22-23H;/q-2;+2. The van der Waals surface area contributed by atoms with E-state index in [0.717, 1.165) is 60.8 Å². The zero-order valence-corrected chi connectivity index (χ0v) is 23.1. The number of aromatic nitrogens is 4. The van der Waals surface area contributed by atoms with Gasteiger partial charge in [0.2, 0.25) is 0 Å². The molecular weight excluding hydrogens is 659 g/mol. The maximum Gasteiger partial charge on any atom is 2.00 e. The summed E-state index contributed by atoms with van der Waals surface area (Å²) < 4.78 is 2.20. The van der Waals surface area contributed by atoms with Crippen molar-refractivity contribution >= 4 is 34.0 Å². The maximum atomic E-state index is 5.00. The van der Waals surface area contributed by atoms with Crippen molar-refractivity contribution in [2.24, 2.45) is 0 Å². The van der Waals surface area contributed by atoms with Crippen molar-refractivity contribution < 1.29 is 21.1 Å². The van der Waals surface area contributed by atoms with Gasteiger partial charge in [0.1, 0.15) is 0 Å². The van der Waals surface area contributed by atoms with Gasteiger partial charge in [0.25, 0.3) is 0 Å². The molecule has 0 N–H and O–H groups in total. The molecule has 7 aromatic rings. The summed E-state index contributed by atoms with van der Waals surface area (Å²) >= 11 is 0. The molecule has 0 aliphatic carbocycles. The van der Waals surface area contributed by atoms with Crippen LogP contribution < -0.4 is 15.7 Å². The van der Waals surface area contributed by atoms with E-state index in [1.54, 1.807) is 6.20 Å². The van der Waals surface area contributed by atoms with E-state index in [1.165, 1.54) is 0 Å². The van der Waals surface area contributed by atoms with Crippen LogP contribution in [0.1, 0.15) is 11.3 Å². The second kappa shape index (κ2) is 10.7. The van der Waals surface area contributed by atoms with E-state index >= 15 is 0 Å². The molecule has 0 saturated carbocycles. The first-order valence-electron chi connectivity index (χ1n) is 12.5. The van der Waals surface area contributed by atoms with Gasteiger partial charge in [-0.1, -0.05) is 72.3 Å². The Labute approximate surface area is 240 Å². The van der Waals surface area contributed by atoms with Gasteiger partial charge in [-0.05, 0) is 47.2 Å². The number of rotatable bonds is 4. The number of nitrogens with zero attached hydrogens (tertiary/aromatic N) is 4. The second-order valence-corrected chi connectivity index (χ2v) is 9.09. The van der Waals surface area contributed by atoms with Crippen LogP contribution in [0.15, 0.2) is 121 Å². The van der Waals surface area contributed by atoms with Crippen LogP contribution in [0.5, 0.6) is 0 Å². The molecule has 188 valence electrons. The SMILES string of the molecule is [Pt+2].[c-]1c(C=c2[n-]c(=Cc3ccccn3)c3ccccc23)cccc1-c1nc2ccccc2n1-c1ccccc1. The average molecular weight is 682 g/mol. The van der Waals surface area contributed by atoms with Crippen molar-refractivity contribution in [2.45, 2.75) is 0 Å². The molecule has 0 fully saturated rings. The van der Waals surface area contributed by atoms with E-state index < -0.39 is 0 Å². The van der Waals surface area contributed by atoms with Crippen molar-refractivity contribution in [3.63, 3.8) is 0 Å². The quantitative estimate of drug-likeness (QED) is 0.226. The molecule has 0 aliphatic rings. The van der Waals surface area contributed by atoms with Crippen LogP contribution in [0.2, 0.25) is 0 Å². The zero-order valence-electron chi connectivity index (χ0n) is 20.8. The largest absolute Gasteiger partial charge is 2.00 e. The van der Waals surface area contributed by atoms with E-state index in [2.05, 4.69) is 70.2 Å². The van der Waals surface area contributed by atoms with Crippen molar-refractivity contribution in [2.75, 3.05) is 0 Å². The molecule has 4 nitrogen and oxygen atoms in total. The summed E-state index contributed by atoms with van der Waals surface area (Å²) in [5.41, 5.74) is 5.84. The molecule has 0 saturated heterocycles. The fourth-order valence-corrected chi connectivity index (χ4v) is 4.90. The summed E-state index contributed by atoms with van der Waals surface area (Å²) in [5, 5.41) is 4.02. The van der Waals surface area contributed by atoms with E-state index in [1.807, 2.05) is 72.8 Å². The van der Waals surface area contributed by atoms with Crippen molar-refractivity contribution in [1.82, 2.24) is 19.5 Å². The number of para-hydroxylation sites is 3. The third kappa shape index (κ3) is 4.76. The van der Waals surface area contributed by atoms with Gasteiger partial charge in [-0.25, -0.2) is 0 Å². The number of hydrogen-bond acceptors (Lipinski definition) is 2. The van der Waals surface area contributed by atoms with Gasteiger partial charge < -0.3 is 9.55 Å². The molecule has 0 spiro atoms. The smallest absolute Gasteiger partial charge is 0.663 e. The molecule has 5 heteroatoms. The predicted molar refractivity (Wildman–Crippen MR) is 153 cm³/mol. The molecule has 3 aromatic heterocycles. The minimum atomic E-state index is 0. The normalized spacial score (nSPS) is 12.2. The van der Waals surface area contributed by atoms with E-state index in [9.17, 15) is 0 Å². The topological polar surface area (TPSA) is 44.8 Å². The number of imidazole rings is 1. The predicted octanol–water partition coefficient (Wildman–Crippen LogP) is 5.65. The summed E-state index contributed by atoms with van der Waals surface area (Å²) in [6.07, 6.45) is 5.92. The Balaban J connectivity index is 0.00000277. The van der Waals surface area contributed by atoms with E-state index in [4.69, 9.17) is 9.97 Å². The maximum absolute atomic E-state index is 5.00. The molecule has 7 rings (SSSR count). The van der Waals surface area contributed by atoms with Crippen LogP contribution in [0.3, 0.4) is 0 Å². The molecular formula is C34H22N4Pt. The van der Waals surface area contributed by atoms with Gasteiger partial charge >= 0.3 is 21.1 Å². The molecule has 3 heterocycles. The van der Waals surface area contributed by atoms with Crippen LogP contribution in [0, 0.1) is 6.07 Å². The van der Waals surface area contributed by atoms with Crippen LogP contribution >= 0.6 is 0 Å². The number of hydrogen-bond donors (Lipinski definition) is 0. The van der Waals surface area contributed by atoms with Gasteiger partial charge in [0.15, 0.2) is 0 Å². The Morgan fingerprint density at radius 3 is 2.18 bits per heavy atom. The molecule has 0 unspecified atom stereocenters. The number of pyridine rings is 1. The molecule has 0 atom stereocenters. The van der Waals surface area contributed by atoms with Crippen LogP contribution in [-0.4, -0.2) is 14.5 Å².